The van der Waals surface area contributed by atoms with Crippen LogP contribution in [0.3, 0.4) is 0 Å². The van der Waals surface area contributed by atoms with E-state index in [0.717, 1.165) is 42.3 Å². The molecule has 0 aliphatic carbocycles. The van der Waals surface area contributed by atoms with Crippen LogP contribution in [0.25, 0.3) is 0 Å². The molecule has 0 saturated heterocycles. The van der Waals surface area contributed by atoms with Gasteiger partial charge in [0.15, 0.2) is 0 Å². The van der Waals surface area contributed by atoms with E-state index in [0.29, 0.717) is 0 Å². The lowest BCUT2D eigenvalue weighted by Gasteiger charge is -2.07. The van der Waals surface area contributed by atoms with Gasteiger partial charge in [0.25, 0.3) is 0 Å². The SMILES string of the molecule is FC(F)(F)c1ccc(CCCCBr)cc1. The molecule has 0 N–H and O–H groups in total. The third-order valence-electron chi connectivity index (χ3n) is 2.13. The van der Waals surface area contributed by atoms with Crippen molar-refractivity contribution in [2.24, 2.45) is 0 Å². The van der Waals surface area contributed by atoms with E-state index in [2.05, 4.69) is 15.9 Å². The van der Waals surface area contributed by atoms with E-state index in [1.54, 1.807) is 12.1 Å². The standard InChI is InChI=1S/C11H12BrF3/c12-8-2-1-3-9-4-6-10(7-5-9)11(13,14)15/h4-7H,1-3,8H2. The summed E-state index contributed by atoms with van der Waals surface area (Å²) in [6, 6.07) is 5.39. The van der Waals surface area contributed by atoms with E-state index >= 15 is 0 Å². The molecule has 0 heterocycles. The van der Waals surface area contributed by atoms with Crippen LogP contribution < -0.4 is 0 Å². The Hall–Kier alpha value is -0.510. The zero-order valence-corrected chi connectivity index (χ0v) is 9.74. The number of halogens is 4. The largest absolute Gasteiger partial charge is 0.416 e. The number of hydrogen-bond donors (Lipinski definition) is 0. The van der Waals surface area contributed by atoms with E-state index < -0.39 is 11.7 Å². The first-order chi connectivity index (χ1) is 7.04. The lowest BCUT2D eigenvalue weighted by Crippen LogP contribution is -2.04. The van der Waals surface area contributed by atoms with Gasteiger partial charge in [-0.15, -0.1) is 0 Å². The van der Waals surface area contributed by atoms with Crippen LogP contribution in [0.2, 0.25) is 0 Å². The molecule has 0 aliphatic rings. The Bertz CT molecular complexity index is 290. The zero-order chi connectivity index (χ0) is 11.3. The van der Waals surface area contributed by atoms with Gasteiger partial charge >= 0.3 is 6.18 Å². The van der Waals surface area contributed by atoms with Crippen LogP contribution in [0.4, 0.5) is 13.2 Å². The van der Waals surface area contributed by atoms with Crippen molar-refractivity contribution in [2.45, 2.75) is 25.4 Å². The van der Waals surface area contributed by atoms with Crippen molar-refractivity contribution in [1.82, 2.24) is 0 Å². The fourth-order valence-corrected chi connectivity index (χ4v) is 1.68. The Morgan fingerprint density at radius 1 is 1.00 bits per heavy atom. The van der Waals surface area contributed by atoms with Crippen LogP contribution in [-0.2, 0) is 12.6 Å². The number of benzene rings is 1. The minimum absolute atomic E-state index is 0.577. The number of hydrogen-bond acceptors (Lipinski definition) is 0. The first-order valence-electron chi connectivity index (χ1n) is 4.76. The summed E-state index contributed by atoms with van der Waals surface area (Å²) in [6.45, 7) is 0. The lowest BCUT2D eigenvalue weighted by atomic mass is 10.1. The first kappa shape index (κ1) is 12.6. The molecule has 0 spiro atoms. The first-order valence-corrected chi connectivity index (χ1v) is 5.88. The van der Waals surface area contributed by atoms with Gasteiger partial charge in [0.2, 0.25) is 0 Å². The van der Waals surface area contributed by atoms with Crippen LogP contribution in [0.1, 0.15) is 24.0 Å². The van der Waals surface area contributed by atoms with Crippen LogP contribution in [0, 0.1) is 0 Å². The summed E-state index contributed by atoms with van der Waals surface area (Å²) in [5, 5.41) is 0.938. The summed E-state index contributed by atoms with van der Waals surface area (Å²) in [5.41, 5.74) is 0.385. The van der Waals surface area contributed by atoms with E-state index in [1.807, 2.05) is 0 Å². The van der Waals surface area contributed by atoms with E-state index in [-0.39, 0.29) is 0 Å². The topological polar surface area (TPSA) is 0 Å². The molecule has 1 aromatic rings. The van der Waals surface area contributed by atoms with E-state index in [4.69, 9.17) is 0 Å². The number of rotatable bonds is 4. The predicted molar refractivity (Wildman–Crippen MR) is 58.2 cm³/mol. The third kappa shape index (κ3) is 4.24. The molecule has 0 aromatic heterocycles. The summed E-state index contributed by atoms with van der Waals surface area (Å²) in [4.78, 5) is 0. The molecule has 0 aliphatic heterocycles. The number of aryl methyl sites for hydroxylation is 1. The van der Waals surface area contributed by atoms with Crippen molar-refractivity contribution in [1.29, 1.82) is 0 Å². The van der Waals surface area contributed by atoms with Crippen LogP contribution in [0.15, 0.2) is 24.3 Å². The maximum atomic E-state index is 12.2. The van der Waals surface area contributed by atoms with Crippen molar-refractivity contribution in [3.8, 4) is 0 Å². The van der Waals surface area contributed by atoms with E-state index in [1.165, 1.54) is 0 Å². The molecule has 0 bridgehead atoms. The minimum Gasteiger partial charge on any atom is -0.166 e. The lowest BCUT2D eigenvalue weighted by molar-refractivity contribution is -0.137. The van der Waals surface area contributed by atoms with Gasteiger partial charge in [-0.25, -0.2) is 0 Å². The Kier molecular flexibility index (Phi) is 4.64. The maximum absolute atomic E-state index is 12.2. The van der Waals surface area contributed by atoms with Gasteiger partial charge in [0.05, 0.1) is 5.56 Å². The highest BCUT2D eigenvalue weighted by Gasteiger charge is 2.29. The number of unbranched alkanes of at least 4 members (excludes halogenated alkanes) is 1. The quantitative estimate of drug-likeness (QED) is 0.566. The summed E-state index contributed by atoms with van der Waals surface area (Å²) >= 11 is 3.31. The average molecular weight is 281 g/mol. The van der Waals surface area contributed by atoms with Gasteiger partial charge in [-0.2, -0.15) is 13.2 Å². The van der Waals surface area contributed by atoms with Gasteiger partial charge in [0.1, 0.15) is 0 Å². The second-order valence-corrected chi connectivity index (χ2v) is 4.13. The molecular formula is C11H12BrF3. The molecule has 0 radical (unpaired) electrons. The van der Waals surface area contributed by atoms with Gasteiger partial charge in [-0.1, -0.05) is 28.1 Å². The van der Waals surface area contributed by atoms with Crippen molar-refractivity contribution < 1.29 is 13.2 Å². The molecule has 1 aromatic carbocycles. The monoisotopic (exact) mass is 280 g/mol. The van der Waals surface area contributed by atoms with Gasteiger partial charge < -0.3 is 0 Å². The molecule has 0 unspecified atom stereocenters. The highest BCUT2D eigenvalue weighted by atomic mass is 79.9. The molecule has 0 nitrogen and oxygen atoms in total. The molecule has 15 heavy (non-hydrogen) atoms. The summed E-state index contributed by atoms with van der Waals surface area (Å²) in [6.07, 6.45) is -1.35. The Labute approximate surface area is 95.6 Å². The molecule has 0 fully saturated rings. The normalized spacial score (nSPS) is 11.7. The summed E-state index contributed by atoms with van der Waals surface area (Å²) < 4.78 is 36.7. The third-order valence-corrected chi connectivity index (χ3v) is 2.69. The molecule has 0 saturated carbocycles. The van der Waals surface area contributed by atoms with Crippen LogP contribution in [-0.4, -0.2) is 5.33 Å². The fraction of sp³-hybridized carbons (Fsp3) is 0.455. The highest BCUT2D eigenvalue weighted by molar-refractivity contribution is 9.09. The fourth-order valence-electron chi connectivity index (χ4n) is 1.28. The molecule has 0 amide bonds. The molecule has 84 valence electrons. The Morgan fingerprint density at radius 3 is 2.07 bits per heavy atom. The summed E-state index contributed by atoms with van der Waals surface area (Å²) in [5.74, 6) is 0. The predicted octanol–water partition coefficient (Wildman–Crippen LogP) is 4.42. The second kappa shape index (κ2) is 5.54. The van der Waals surface area contributed by atoms with Crippen LogP contribution >= 0.6 is 15.9 Å². The zero-order valence-electron chi connectivity index (χ0n) is 8.15. The minimum atomic E-state index is -4.23. The van der Waals surface area contributed by atoms with Gasteiger partial charge in [-0.05, 0) is 37.0 Å². The van der Waals surface area contributed by atoms with Crippen molar-refractivity contribution >= 4 is 15.9 Å². The van der Waals surface area contributed by atoms with Gasteiger partial charge in [0, 0.05) is 5.33 Å². The van der Waals surface area contributed by atoms with Gasteiger partial charge in [-0.3, -0.25) is 0 Å². The average Bonchev–Trinajstić information content (AvgIpc) is 2.18. The Morgan fingerprint density at radius 2 is 1.60 bits per heavy atom. The second-order valence-electron chi connectivity index (χ2n) is 3.34. The molecule has 4 heteroatoms. The van der Waals surface area contributed by atoms with Crippen LogP contribution in [0.5, 0.6) is 0 Å². The number of alkyl halides is 4. The van der Waals surface area contributed by atoms with Crippen molar-refractivity contribution in [3.63, 3.8) is 0 Å². The smallest absolute Gasteiger partial charge is 0.166 e. The van der Waals surface area contributed by atoms with Crippen molar-refractivity contribution in [3.05, 3.63) is 35.4 Å². The Balaban J connectivity index is 2.57. The molecular weight excluding hydrogens is 269 g/mol. The van der Waals surface area contributed by atoms with Crippen molar-refractivity contribution in [2.75, 3.05) is 5.33 Å². The molecule has 1 rings (SSSR count). The van der Waals surface area contributed by atoms with E-state index in [9.17, 15) is 13.2 Å². The highest BCUT2D eigenvalue weighted by Crippen LogP contribution is 2.29. The molecule has 0 atom stereocenters. The summed E-state index contributed by atoms with van der Waals surface area (Å²) in [7, 11) is 0. The maximum Gasteiger partial charge on any atom is 0.416 e.